The summed E-state index contributed by atoms with van der Waals surface area (Å²) in [6.45, 7) is 1.33. The number of likely N-dealkylation sites (tertiary alicyclic amines) is 1. The summed E-state index contributed by atoms with van der Waals surface area (Å²) in [5, 5.41) is 2.63. The molecule has 1 aromatic carbocycles. The van der Waals surface area contributed by atoms with Crippen LogP contribution in [0.1, 0.15) is 31.2 Å². The molecule has 2 aliphatic heterocycles. The van der Waals surface area contributed by atoms with Crippen LogP contribution in [0.15, 0.2) is 24.3 Å². The minimum absolute atomic E-state index is 0.0503. The molecule has 0 unspecified atom stereocenters. The van der Waals surface area contributed by atoms with Gasteiger partial charge in [-0.1, -0.05) is 12.1 Å². The van der Waals surface area contributed by atoms with Crippen molar-refractivity contribution in [2.24, 2.45) is 5.92 Å². The van der Waals surface area contributed by atoms with Crippen molar-refractivity contribution in [1.82, 2.24) is 15.1 Å². The maximum atomic E-state index is 12.7. The molecule has 2 fully saturated rings. The van der Waals surface area contributed by atoms with Gasteiger partial charge in [-0.05, 0) is 42.9 Å². The number of imide groups is 1. The van der Waals surface area contributed by atoms with Gasteiger partial charge in [0.15, 0.2) is 0 Å². The minimum Gasteiger partial charge on any atom is -0.497 e. The Hall–Kier alpha value is -3.10. The van der Waals surface area contributed by atoms with Crippen molar-refractivity contribution in [3.05, 3.63) is 29.8 Å². The first-order valence-corrected chi connectivity index (χ1v) is 10.5. The Kier molecular flexibility index (Phi) is 7.49. The molecule has 1 aromatic rings. The van der Waals surface area contributed by atoms with Crippen molar-refractivity contribution in [3.63, 3.8) is 0 Å². The molecular weight excluding hydrogens is 402 g/mol. The van der Waals surface area contributed by atoms with Gasteiger partial charge in [-0.15, -0.1) is 0 Å². The van der Waals surface area contributed by atoms with E-state index in [1.165, 1.54) is 12.0 Å². The summed E-state index contributed by atoms with van der Waals surface area (Å²) in [4.78, 5) is 51.8. The highest BCUT2D eigenvalue weighted by Gasteiger charge is 2.39. The van der Waals surface area contributed by atoms with Crippen LogP contribution in [0.2, 0.25) is 0 Å². The lowest BCUT2D eigenvalue weighted by molar-refractivity contribution is -0.142. The fourth-order valence-corrected chi connectivity index (χ4v) is 3.97. The molecule has 0 radical (unpaired) electrons. The fraction of sp³-hybridized carbons (Fsp3) is 0.545. The van der Waals surface area contributed by atoms with Gasteiger partial charge < -0.3 is 19.7 Å². The third kappa shape index (κ3) is 5.74. The van der Waals surface area contributed by atoms with E-state index in [1.807, 2.05) is 24.3 Å². The third-order valence-corrected chi connectivity index (χ3v) is 5.92. The van der Waals surface area contributed by atoms with Gasteiger partial charge >= 0.3 is 12.0 Å². The molecule has 0 aromatic heterocycles. The predicted molar refractivity (Wildman–Crippen MR) is 111 cm³/mol. The molecule has 2 heterocycles. The molecule has 9 heteroatoms. The van der Waals surface area contributed by atoms with Crippen LogP contribution in [0.5, 0.6) is 5.75 Å². The zero-order valence-corrected chi connectivity index (χ0v) is 18.0. The number of benzene rings is 1. The third-order valence-electron chi connectivity index (χ3n) is 5.92. The molecule has 0 aliphatic carbocycles. The monoisotopic (exact) mass is 431 g/mol. The molecule has 4 amide bonds. The summed E-state index contributed by atoms with van der Waals surface area (Å²) in [6.07, 6.45) is 2.28. The Balaban J connectivity index is 1.46. The zero-order valence-electron chi connectivity index (χ0n) is 18.0. The summed E-state index contributed by atoms with van der Waals surface area (Å²) >= 11 is 0. The van der Waals surface area contributed by atoms with Gasteiger partial charge in [0.2, 0.25) is 5.91 Å². The van der Waals surface area contributed by atoms with Crippen LogP contribution < -0.4 is 10.1 Å². The number of ether oxygens (including phenoxy) is 2. The highest BCUT2D eigenvalue weighted by Crippen LogP contribution is 2.22. The van der Waals surface area contributed by atoms with Crippen LogP contribution >= 0.6 is 0 Å². The zero-order chi connectivity index (χ0) is 22.4. The maximum Gasteiger partial charge on any atom is 0.324 e. The second-order valence-electron chi connectivity index (χ2n) is 7.90. The van der Waals surface area contributed by atoms with Gasteiger partial charge in [-0.2, -0.15) is 0 Å². The first-order chi connectivity index (χ1) is 14.9. The van der Waals surface area contributed by atoms with Gasteiger partial charge in [0.05, 0.1) is 20.6 Å². The van der Waals surface area contributed by atoms with Gasteiger partial charge in [-0.25, -0.2) is 4.79 Å². The second kappa shape index (κ2) is 10.3. The lowest BCUT2D eigenvalue weighted by Crippen LogP contribution is -2.43. The van der Waals surface area contributed by atoms with E-state index in [-0.39, 0.29) is 36.7 Å². The smallest absolute Gasteiger partial charge is 0.324 e. The standard InChI is InChI=1S/C22H29N3O6/c1-30-17-5-3-15(4-6-17)9-12-25-21(28)18(23-22(25)29)14-19(26)24-10-7-16(8-11-24)13-20(27)31-2/h3-6,16,18H,7-14H2,1-2H3,(H,23,29)/t18-/m0/s1. The SMILES string of the molecule is COC(=O)CC1CCN(C(=O)C[C@@H]2NC(=O)N(CCc3ccc(OC)cc3)C2=O)CC1. The Bertz CT molecular complexity index is 817. The number of carbonyl (C=O) groups excluding carboxylic acids is 4. The number of nitrogens with one attached hydrogen (secondary N) is 1. The van der Waals surface area contributed by atoms with Crippen molar-refractivity contribution in [2.45, 2.75) is 38.1 Å². The van der Waals surface area contributed by atoms with Crippen LogP contribution in [0.4, 0.5) is 4.79 Å². The van der Waals surface area contributed by atoms with Crippen LogP contribution in [0.25, 0.3) is 0 Å². The van der Waals surface area contributed by atoms with Crippen LogP contribution in [0.3, 0.4) is 0 Å². The van der Waals surface area contributed by atoms with Crippen molar-refractivity contribution >= 4 is 23.8 Å². The van der Waals surface area contributed by atoms with Crippen LogP contribution in [-0.4, -0.2) is 73.5 Å². The molecule has 2 aliphatic rings. The molecule has 2 saturated heterocycles. The molecule has 31 heavy (non-hydrogen) atoms. The molecular formula is C22H29N3O6. The predicted octanol–water partition coefficient (Wildman–Crippen LogP) is 1.35. The normalized spacial score (nSPS) is 19.4. The van der Waals surface area contributed by atoms with Gasteiger partial charge in [0.1, 0.15) is 11.8 Å². The summed E-state index contributed by atoms with van der Waals surface area (Å²) in [6, 6.07) is 6.15. The van der Waals surface area contributed by atoms with E-state index in [0.29, 0.717) is 25.9 Å². The first-order valence-electron chi connectivity index (χ1n) is 10.5. The average molecular weight is 431 g/mol. The van der Waals surface area contributed by atoms with E-state index >= 15 is 0 Å². The lowest BCUT2D eigenvalue weighted by Gasteiger charge is -2.32. The van der Waals surface area contributed by atoms with Crippen LogP contribution in [-0.2, 0) is 25.5 Å². The topological polar surface area (TPSA) is 105 Å². The molecule has 9 nitrogen and oxygen atoms in total. The molecule has 0 saturated carbocycles. The van der Waals surface area contributed by atoms with Crippen molar-refractivity contribution in [1.29, 1.82) is 0 Å². The van der Waals surface area contributed by atoms with Crippen molar-refractivity contribution in [2.75, 3.05) is 33.9 Å². The molecule has 168 valence electrons. The Morgan fingerprint density at radius 1 is 1.06 bits per heavy atom. The number of carbonyl (C=O) groups is 4. The summed E-state index contributed by atoms with van der Waals surface area (Å²) in [5.74, 6) is 0.183. The maximum absolute atomic E-state index is 12.7. The minimum atomic E-state index is -0.830. The first kappa shape index (κ1) is 22.6. The van der Waals surface area contributed by atoms with Gasteiger partial charge in [-0.3, -0.25) is 19.3 Å². The number of piperidine rings is 1. The number of nitrogens with zero attached hydrogens (tertiary/aromatic N) is 2. The van der Waals surface area contributed by atoms with Crippen LogP contribution in [0, 0.1) is 5.92 Å². The molecule has 0 bridgehead atoms. The number of amides is 4. The van der Waals surface area contributed by atoms with E-state index in [0.717, 1.165) is 24.2 Å². The lowest BCUT2D eigenvalue weighted by atomic mass is 9.93. The number of hydrogen-bond donors (Lipinski definition) is 1. The molecule has 3 rings (SSSR count). The largest absolute Gasteiger partial charge is 0.497 e. The highest BCUT2D eigenvalue weighted by atomic mass is 16.5. The Morgan fingerprint density at radius 2 is 1.74 bits per heavy atom. The highest BCUT2D eigenvalue weighted by molar-refractivity contribution is 6.05. The average Bonchev–Trinajstić information content (AvgIpc) is 3.05. The summed E-state index contributed by atoms with van der Waals surface area (Å²) in [7, 11) is 2.96. The Morgan fingerprint density at radius 3 is 2.35 bits per heavy atom. The molecule has 1 N–H and O–H groups in total. The number of hydrogen-bond acceptors (Lipinski definition) is 6. The van der Waals surface area contributed by atoms with E-state index in [1.54, 1.807) is 12.0 Å². The van der Waals surface area contributed by atoms with Crippen molar-refractivity contribution < 1.29 is 28.7 Å². The quantitative estimate of drug-likeness (QED) is 0.492. The van der Waals surface area contributed by atoms with E-state index in [9.17, 15) is 19.2 Å². The van der Waals surface area contributed by atoms with E-state index in [2.05, 4.69) is 5.32 Å². The van der Waals surface area contributed by atoms with Gasteiger partial charge in [0.25, 0.3) is 5.91 Å². The molecule has 1 atom stereocenters. The number of rotatable bonds is 8. The van der Waals surface area contributed by atoms with Crippen molar-refractivity contribution in [3.8, 4) is 5.75 Å². The number of methoxy groups -OCH3 is 2. The summed E-state index contributed by atoms with van der Waals surface area (Å²) in [5.41, 5.74) is 0.982. The fourth-order valence-electron chi connectivity index (χ4n) is 3.97. The summed E-state index contributed by atoms with van der Waals surface area (Å²) < 4.78 is 9.82. The van der Waals surface area contributed by atoms with Gasteiger partial charge in [0, 0.05) is 26.1 Å². The second-order valence-corrected chi connectivity index (χ2v) is 7.90. The molecule has 0 spiro atoms. The Labute approximate surface area is 181 Å². The van der Waals surface area contributed by atoms with E-state index in [4.69, 9.17) is 9.47 Å². The number of urea groups is 1. The number of esters is 1. The van der Waals surface area contributed by atoms with E-state index < -0.39 is 12.1 Å².